The van der Waals surface area contributed by atoms with E-state index in [0.717, 1.165) is 0 Å². The van der Waals surface area contributed by atoms with E-state index in [2.05, 4.69) is 0 Å². The summed E-state index contributed by atoms with van der Waals surface area (Å²) in [5.74, 6) is -5.89. The van der Waals surface area contributed by atoms with Crippen molar-refractivity contribution in [2.75, 3.05) is 26.4 Å². The van der Waals surface area contributed by atoms with Crippen molar-refractivity contribution >= 4 is 5.97 Å². The van der Waals surface area contributed by atoms with E-state index in [4.69, 9.17) is 38.9 Å². The van der Waals surface area contributed by atoms with Gasteiger partial charge in [-0.25, -0.2) is 4.79 Å². The lowest BCUT2D eigenvalue weighted by molar-refractivity contribution is -0.387. The number of aliphatic hydroxyl groups excluding tert-OH is 12. The van der Waals surface area contributed by atoms with E-state index < -0.39 is 167 Å². The molecule has 298 valence electrons. The number of aliphatic hydroxyl groups is 12. The van der Waals surface area contributed by atoms with Crippen LogP contribution in [0.3, 0.4) is 0 Å². The lowest BCUT2D eigenvalue weighted by Crippen LogP contribution is -2.70. The van der Waals surface area contributed by atoms with E-state index >= 15 is 0 Å². The average molecular weight is 750 g/mol. The van der Waals surface area contributed by atoms with Crippen LogP contribution >= 0.6 is 0 Å². The van der Waals surface area contributed by atoms with Gasteiger partial charge in [0.2, 0.25) is 0 Å². The van der Waals surface area contributed by atoms with Crippen LogP contribution in [0.15, 0.2) is 0 Å². The van der Waals surface area contributed by atoms with Crippen LogP contribution in [0, 0.1) is 5.92 Å². The Morgan fingerprint density at radius 1 is 0.765 bits per heavy atom. The molecule has 0 aromatic heterocycles. The minimum absolute atomic E-state index is 0.579. The van der Waals surface area contributed by atoms with Gasteiger partial charge in [0.1, 0.15) is 79.4 Å². The summed E-state index contributed by atoms with van der Waals surface area (Å²) in [6.07, 6.45) is -30.3. The molecule has 4 heterocycles. The highest BCUT2D eigenvalue weighted by atomic mass is 16.8. The predicted octanol–water partition coefficient (Wildman–Crippen LogP) is -8.23. The molecular weight excluding hydrogens is 698 g/mol. The van der Waals surface area contributed by atoms with Crippen LogP contribution in [0.25, 0.3) is 0 Å². The summed E-state index contributed by atoms with van der Waals surface area (Å²) < 4.78 is 39.6. The van der Waals surface area contributed by atoms with Crippen molar-refractivity contribution in [3.8, 4) is 0 Å². The minimum Gasteiger partial charge on any atom is -0.477 e. The summed E-state index contributed by atoms with van der Waals surface area (Å²) in [4.78, 5) is 12.6. The fourth-order valence-corrected chi connectivity index (χ4v) is 6.69. The molecule has 4 fully saturated rings. The molecule has 0 bridgehead atoms. The molecule has 15 N–H and O–H groups in total. The third-order valence-electron chi connectivity index (χ3n) is 9.86. The minimum atomic E-state index is -2.96. The van der Waals surface area contributed by atoms with Crippen LogP contribution in [-0.4, -0.2) is 221 Å². The largest absolute Gasteiger partial charge is 0.477 e. The topological polar surface area (TPSA) is 371 Å². The standard InChI is InChI=1S/C29H51NO21/c1-8-16(37)23(14(7-34)47-26(8)48-22-9(2)45-12(5-32)18(39)20(22)41)49-27-21(42)25(19(40)13(6-33)46-27)51-29(28(43)44)3-10(35)15(30)24(50-29)17(38)11(36)4-31/h8-27,31-42H,3-7,30H2,1-2H3,(H,43,44)/t8?,9-,10-,11?,12?,13?,14+,15-,16?,17-,18-,19+,20?,21+,22+,23-,24?,25+,26+,27?,29+/m1/s1. The highest BCUT2D eigenvalue weighted by molar-refractivity contribution is 5.76. The summed E-state index contributed by atoms with van der Waals surface area (Å²) in [7, 11) is 0. The maximum absolute atomic E-state index is 12.6. The molecule has 4 aliphatic heterocycles. The van der Waals surface area contributed by atoms with Crippen molar-refractivity contribution in [2.24, 2.45) is 11.7 Å². The van der Waals surface area contributed by atoms with Crippen molar-refractivity contribution in [3.05, 3.63) is 0 Å². The van der Waals surface area contributed by atoms with Crippen LogP contribution < -0.4 is 5.73 Å². The molecule has 4 aliphatic rings. The fourth-order valence-electron chi connectivity index (χ4n) is 6.69. The van der Waals surface area contributed by atoms with Gasteiger partial charge in [-0.2, -0.15) is 0 Å². The highest BCUT2D eigenvalue weighted by Crippen LogP contribution is 2.39. The Kier molecular flexibility index (Phi) is 14.5. The second-order valence-electron chi connectivity index (χ2n) is 13.3. The van der Waals surface area contributed by atoms with Gasteiger partial charge < -0.3 is 105 Å². The first-order valence-corrected chi connectivity index (χ1v) is 16.5. The second kappa shape index (κ2) is 17.4. The van der Waals surface area contributed by atoms with Gasteiger partial charge in [0.15, 0.2) is 12.6 Å². The molecule has 0 aromatic carbocycles. The van der Waals surface area contributed by atoms with Crippen LogP contribution in [0.1, 0.15) is 20.3 Å². The molecule has 51 heavy (non-hydrogen) atoms. The van der Waals surface area contributed by atoms with Crippen molar-refractivity contribution in [3.63, 3.8) is 0 Å². The Bertz CT molecular complexity index is 1120. The van der Waals surface area contributed by atoms with E-state index in [1.807, 2.05) is 0 Å². The molecule has 4 saturated heterocycles. The van der Waals surface area contributed by atoms with Crippen molar-refractivity contribution in [1.29, 1.82) is 0 Å². The van der Waals surface area contributed by atoms with E-state index in [1.54, 1.807) is 0 Å². The number of carboxylic acids is 1. The van der Waals surface area contributed by atoms with Gasteiger partial charge in [-0.05, 0) is 6.92 Å². The van der Waals surface area contributed by atoms with Gasteiger partial charge in [0, 0.05) is 12.3 Å². The Morgan fingerprint density at radius 2 is 1.33 bits per heavy atom. The number of aliphatic carboxylic acids is 1. The van der Waals surface area contributed by atoms with Gasteiger partial charge in [-0.1, -0.05) is 6.92 Å². The number of carbonyl (C=O) groups is 1. The van der Waals surface area contributed by atoms with Crippen LogP contribution in [0.2, 0.25) is 0 Å². The Morgan fingerprint density at radius 3 is 1.90 bits per heavy atom. The normalized spacial score (nSPS) is 49.3. The molecule has 0 amide bonds. The fraction of sp³-hybridized carbons (Fsp3) is 0.966. The van der Waals surface area contributed by atoms with E-state index in [1.165, 1.54) is 13.8 Å². The molecule has 0 saturated carbocycles. The number of hydrogen-bond acceptors (Lipinski definition) is 21. The average Bonchev–Trinajstić information content (AvgIpc) is 3.10. The molecule has 22 heteroatoms. The van der Waals surface area contributed by atoms with E-state index in [9.17, 15) is 71.2 Å². The number of ether oxygens (including phenoxy) is 7. The summed E-state index contributed by atoms with van der Waals surface area (Å²) in [5, 5.41) is 135. The molecule has 22 nitrogen and oxygen atoms in total. The summed E-state index contributed by atoms with van der Waals surface area (Å²) in [6, 6.07) is -1.50. The van der Waals surface area contributed by atoms with Crippen LogP contribution in [0.5, 0.6) is 0 Å². The first-order chi connectivity index (χ1) is 24.0. The van der Waals surface area contributed by atoms with Gasteiger partial charge >= 0.3 is 5.97 Å². The highest BCUT2D eigenvalue weighted by Gasteiger charge is 2.59. The molecule has 0 aliphatic carbocycles. The molecule has 8 unspecified atom stereocenters. The number of carboxylic acid groups (broad SMARTS) is 1. The number of rotatable bonds is 13. The van der Waals surface area contributed by atoms with Crippen LogP contribution in [0.4, 0.5) is 0 Å². The Hall–Kier alpha value is -1.33. The molecule has 21 atom stereocenters. The third kappa shape index (κ3) is 8.50. The van der Waals surface area contributed by atoms with Crippen LogP contribution in [-0.2, 0) is 38.0 Å². The maximum Gasteiger partial charge on any atom is 0.364 e. The quantitative estimate of drug-likeness (QED) is 0.0831. The molecular formula is C29H51NO21. The Balaban J connectivity index is 1.54. The molecule has 4 rings (SSSR count). The third-order valence-corrected chi connectivity index (χ3v) is 9.86. The summed E-state index contributed by atoms with van der Waals surface area (Å²) >= 11 is 0. The van der Waals surface area contributed by atoms with Crippen molar-refractivity contribution < 1.29 is 104 Å². The Labute approximate surface area is 291 Å². The summed E-state index contributed by atoms with van der Waals surface area (Å²) in [5.41, 5.74) is 5.89. The lowest BCUT2D eigenvalue weighted by Gasteiger charge is -2.50. The number of nitrogens with two attached hydrogens (primary N) is 1. The zero-order valence-corrected chi connectivity index (χ0v) is 27.7. The monoisotopic (exact) mass is 749 g/mol. The first kappa shape index (κ1) is 42.4. The zero-order chi connectivity index (χ0) is 38.1. The van der Waals surface area contributed by atoms with Gasteiger partial charge in [0.25, 0.3) is 5.79 Å². The smallest absolute Gasteiger partial charge is 0.364 e. The van der Waals surface area contributed by atoms with E-state index in [0.29, 0.717) is 0 Å². The lowest BCUT2D eigenvalue weighted by atomic mass is 9.88. The first-order valence-electron chi connectivity index (χ1n) is 16.5. The predicted molar refractivity (Wildman–Crippen MR) is 160 cm³/mol. The van der Waals surface area contributed by atoms with Gasteiger partial charge in [-0.3, -0.25) is 0 Å². The van der Waals surface area contributed by atoms with E-state index in [-0.39, 0.29) is 0 Å². The van der Waals surface area contributed by atoms with Crippen molar-refractivity contribution in [1.82, 2.24) is 0 Å². The maximum atomic E-state index is 12.6. The SMILES string of the molecule is CC1C(O)[C@H](OC2OC(CO)[C@H](O)[C@H](O[C@]3(C(=O)O)C[C@@H](O)[C@@H](N)C([C@H](O)C(O)CO)O3)[C@@H]2O)[C@H](CO)O[C@H]1O[C@@H]1C(O)[C@H](O)C(CO)O[C@@H]1C. The second-order valence-corrected chi connectivity index (χ2v) is 13.3. The molecule has 0 spiro atoms. The molecule has 0 radical (unpaired) electrons. The molecule has 0 aromatic rings. The van der Waals surface area contributed by atoms with Gasteiger partial charge in [-0.15, -0.1) is 0 Å². The number of hydrogen-bond donors (Lipinski definition) is 14. The zero-order valence-electron chi connectivity index (χ0n) is 27.7. The van der Waals surface area contributed by atoms with Gasteiger partial charge in [0.05, 0.1) is 50.8 Å². The van der Waals surface area contributed by atoms with Crippen molar-refractivity contribution in [2.45, 2.75) is 142 Å². The summed E-state index contributed by atoms with van der Waals surface area (Å²) in [6.45, 7) is -0.391.